The number of carbonyl (C=O) groups excluding carboxylic acids is 1. The van der Waals surface area contributed by atoms with Gasteiger partial charge in [0.05, 0.1) is 10.7 Å². The van der Waals surface area contributed by atoms with E-state index in [-0.39, 0.29) is 12.5 Å². The second-order valence-electron chi connectivity index (χ2n) is 4.33. The van der Waals surface area contributed by atoms with Gasteiger partial charge in [0.25, 0.3) is 5.91 Å². The second-order valence-corrected chi connectivity index (χ2v) is 4.74. The number of anilines is 1. The molecule has 102 valence electrons. The summed E-state index contributed by atoms with van der Waals surface area (Å²) in [5.74, 6) is 0.931. The molecule has 5 heteroatoms. The summed E-state index contributed by atoms with van der Waals surface area (Å²) in [4.78, 5) is 12.2. The molecule has 0 aromatic heterocycles. The highest BCUT2D eigenvalue weighted by Gasteiger charge is 2.27. The van der Waals surface area contributed by atoms with E-state index in [1.165, 1.54) is 0 Å². The van der Waals surface area contributed by atoms with Crippen LogP contribution in [0.5, 0.6) is 11.5 Å². The zero-order valence-electron chi connectivity index (χ0n) is 10.5. The summed E-state index contributed by atoms with van der Waals surface area (Å²) in [6.07, 6.45) is -0.693. The van der Waals surface area contributed by atoms with Gasteiger partial charge in [0.1, 0.15) is 6.61 Å². The average Bonchev–Trinajstić information content (AvgIpc) is 2.49. The van der Waals surface area contributed by atoms with Crippen molar-refractivity contribution in [1.29, 1.82) is 0 Å². The van der Waals surface area contributed by atoms with E-state index in [1.807, 2.05) is 12.1 Å². The number of amides is 1. The summed E-state index contributed by atoms with van der Waals surface area (Å²) in [5, 5.41) is 3.22. The van der Waals surface area contributed by atoms with Gasteiger partial charge in [-0.25, -0.2) is 0 Å². The van der Waals surface area contributed by atoms with Gasteiger partial charge < -0.3 is 14.8 Å². The smallest absolute Gasteiger partial charge is 0.269 e. The Kier molecular flexibility index (Phi) is 3.48. The Morgan fingerprint density at radius 3 is 2.60 bits per heavy atom. The number of ether oxygens (including phenoxy) is 2. The highest BCUT2D eigenvalue weighted by molar-refractivity contribution is 6.33. The Morgan fingerprint density at radius 2 is 1.80 bits per heavy atom. The molecule has 1 heterocycles. The normalized spacial score (nSPS) is 16.6. The Hall–Kier alpha value is -2.20. The molecule has 2 aromatic carbocycles. The van der Waals surface area contributed by atoms with Crippen molar-refractivity contribution in [2.24, 2.45) is 0 Å². The average molecular weight is 290 g/mol. The fraction of sp³-hybridized carbons (Fsp3) is 0.133. The summed E-state index contributed by atoms with van der Waals surface area (Å²) in [7, 11) is 0. The molecular weight excluding hydrogens is 278 g/mol. The molecule has 1 N–H and O–H groups in total. The Balaban J connectivity index is 1.72. The first-order valence-corrected chi connectivity index (χ1v) is 6.56. The summed E-state index contributed by atoms with van der Waals surface area (Å²) in [5.41, 5.74) is 0.557. The quantitative estimate of drug-likeness (QED) is 0.924. The molecule has 1 aliphatic heterocycles. The molecule has 2 aromatic rings. The first-order chi connectivity index (χ1) is 9.74. The van der Waals surface area contributed by atoms with E-state index in [9.17, 15) is 4.79 Å². The highest BCUT2D eigenvalue weighted by atomic mass is 35.5. The molecule has 0 aliphatic carbocycles. The van der Waals surface area contributed by atoms with Crippen molar-refractivity contribution in [3.63, 3.8) is 0 Å². The van der Waals surface area contributed by atoms with Crippen LogP contribution in [0.3, 0.4) is 0 Å². The van der Waals surface area contributed by atoms with Gasteiger partial charge in [-0.1, -0.05) is 35.9 Å². The van der Waals surface area contributed by atoms with Crippen LogP contribution in [-0.4, -0.2) is 18.6 Å². The van der Waals surface area contributed by atoms with Crippen LogP contribution in [0.1, 0.15) is 0 Å². The Bertz CT molecular complexity index is 645. The molecule has 0 saturated heterocycles. The number of hydrogen-bond acceptors (Lipinski definition) is 3. The standard InChI is InChI=1S/C15H12ClNO3/c16-10-5-1-2-6-11(10)17-15(18)14-9-19-12-7-3-4-8-13(12)20-14/h1-8,14H,9H2,(H,17,18)/t14-/m1/s1. The minimum atomic E-state index is -0.693. The minimum Gasteiger partial charge on any atom is -0.485 e. The molecule has 1 aliphatic rings. The number of hydrogen-bond donors (Lipinski definition) is 1. The van der Waals surface area contributed by atoms with Crippen LogP contribution < -0.4 is 14.8 Å². The van der Waals surface area contributed by atoms with E-state index >= 15 is 0 Å². The maximum atomic E-state index is 12.2. The minimum absolute atomic E-state index is 0.174. The number of halogens is 1. The predicted molar refractivity (Wildman–Crippen MR) is 76.4 cm³/mol. The van der Waals surface area contributed by atoms with E-state index in [4.69, 9.17) is 21.1 Å². The third kappa shape index (κ3) is 2.56. The third-order valence-electron chi connectivity index (χ3n) is 2.93. The number of fused-ring (bicyclic) bond motifs is 1. The first-order valence-electron chi connectivity index (χ1n) is 6.18. The molecule has 0 bridgehead atoms. The van der Waals surface area contributed by atoms with Gasteiger partial charge in [-0.2, -0.15) is 0 Å². The van der Waals surface area contributed by atoms with Crippen molar-refractivity contribution >= 4 is 23.2 Å². The lowest BCUT2D eigenvalue weighted by molar-refractivity contribution is -0.125. The summed E-state index contributed by atoms with van der Waals surface area (Å²) in [6, 6.07) is 14.3. The van der Waals surface area contributed by atoms with E-state index in [2.05, 4.69) is 5.32 Å². The maximum absolute atomic E-state index is 12.2. The second kappa shape index (κ2) is 5.43. The van der Waals surface area contributed by atoms with E-state index < -0.39 is 6.10 Å². The van der Waals surface area contributed by atoms with Crippen molar-refractivity contribution in [2.75, 3.05) is 11.9 Å². The van der Waals surface area contributed by atoms with Crippen LogP contribution >= 0.6 is 11.6 Å². The van der Waals surface area contributed by atoms with Crippen molar-refractivity contribution in [3.8, 4) is 11.5 Å². The molecule has 20 heavy (non-hydrogen) atoms. The van der Waals surface area contributed by atoms with Gasteiger partial charge in [-0.3, -0.25) is 4.79 Å². The van der Waals surface area contributed by atoms with Crippen LogP contribution in [0.15, 0.2) is 48.5 Å². The molecule has 0 unspecified atom stereocenters. The van der Waals surface area contributed by atoms with Crippen molar-refractivity contribution in [2.45, 2.75) is 6.10 Å². The molecule has 0 radical (unpaired) electrons. The lowest BCUT2D eigenvalue weighted by Gasteiger charge is -2.25. The van der Waals surface area contributed by atoms with Gasteiger partial charge in [0.2, 0.25) is 6.10 Å². The molecule has 1 amide bonds. The third-order valence-corrected chi connectivity index (χ3v) is 3.26. The largest absolute Gasteiger partial charge is 0.485 e. The number of rotatable bonds is 2. The van der Waals surface area contributed by atoms with Crippen LogP contribution in [-0.2, 0) is 4.79 Å². The first kappa shape index (κ1) is 12.8. The summed E-state index contributed by atoms with van der Waals surface area (Å²) < 4.78 is 11.1. The molecule has 0 spiro atoms. The van der Waals surface area contributed by atoms with Gasteiger partial charge in [0, 0.05) is 0 Å². The zero-order chi connectivity index (χ0) is 13.9. The van der Waals surface area contributed by atoms with Gasteiger partial charge in [-0.05, 0) is 24.3 Å². The fourth-order valence-electron chi connectivity index (χ4n) is 1.92. The Labute approximate surface area is 121 Å². The molecule has 0 fully saturated rings. The van der Waals surface area contributed by atoms with E-state index in [1.54, 1.807) is 36.4 Å². The monoisotopic (exact) mass is 289 g/mol. The maximum Gasteiger partial charge on any atom is 0.269 e. The van der Waals surface area contributed by atoms with Crippen LogP contribution in [0.2, 0.25) is 5.02 Å². The molecular formula is C15H12ClNO3. The zero-order valence-corrected chi connectivity index (χ0v) is 11.3. The van der Waals surface area contributed by atoms with E-state index in [0.29, 0.717) is 22.2 Å². The van der Waals surface area contributed by atoms with Crippen LogP contribution in [0, 0.1) is 0 Å². The van der Waals surface area contributed by atoms with Gasteiger partial charge in [-0.15, -0.1) is 0 Å². The SMILES string of the molecule is O=C(Nc1ccccc1Cl)[C@H]1COc2ccccc2O1. The number of nitrogens with one attached hydrogen (secondary N) is 1. The van der Waals surface area contributed by atoms with Gasteiger partial charge >= 0.3 is 0 Å². The Morgan fingerprint density at radius 1 is 1.10 bits per heavy atom. The van der Waals surface area contributed by atoms with Crippen molar-refractivity contribution < 1.29 is 14.3 Å². The van der Waals surface area contributed by atoms with Crippen molar-refractivity contribution in [3.05, 3.63) is 53.6 Å². The topological polar surface area (TPSA) is 47.6 Å². The molecule has 3 rings (SSSR count). The van der Waals surface area contributed by atoms with Crippen LogP contribution in [0.25, 0.3) is 0 Å². The summed E-state index contributed by atoms with van der Waals surface area (Å²) in [6.45, 7) is 0.174. The number of benzene rings is 2. The lowest BCUT2D eigenvalue weighted by Crippen LogP contribution is -2.40. The van der Waals surface area contributed by atoms with E-state index in [0.717, 1.165) is 0 Å². The summed E-state index contributed by atoms with van der Waals surface area (Å²) >= 11 is 6.00. The lowest BCUT2D eigenvalue weighted by atomic mass is 10.2. The van der Waals surface area contributed by atoms with Gasteiger partial charge in [0.15, 0.2) is 11.5 Å². The highest BCUT2D eigenvalue weighted by Crippen LogP contribution is 2.31. The molecule has 0 saturated carbocycles. The number of carbonyl (C=O) groups is 1. The number of para-hydroxylation sites is 3. The fourth-order valence-corrected chi connectivity index (χ4v) is 2.11. The molecule has 4 nitrogen and oxygen atoms in total. The van der Waals surface area contributed by atoms with Crippen molar-refractivity contribution in [1.82, 2.24) is 0 Å². The predicted octanol–water partition coefficient (Wildman–Crippen LogP) is 3.12. The van der Waals surface area contributed by atoms with Crippen LogP contribution in [0.4, 0.5) is 5.69 Å². The molecule has 1 atom stereocenters.